The maximum absolute atomic E-state index is 11.6. The molecule has 0 aliphatic carbocycles. The second-order valence-electron chi connectivity index (χ2n) is 5.34. The number of rotatable bonds is 6. The lowest BCUT2D eigenvalue weighted by Crippen LogP contribution is -2.40. The van der Waals surface area contributed by atoms with Crippen molar-refractivity contribution in [2.45, 2.75) is 26.3 Å². The van der Waals surface area contributed by atoms with Gasteiger partial charge in [0, 0.05) is 31.9 Å². The Morgan fingerprint density at radius 3 is 3.05 bits per heavy atom. The largest absolute Gasteiger partial charge is 0.316 e. The van der Waals surface area contributed by atoms with Crippen LogP contribution < -0.4 is 10.9 Å². The Balaban J connectivity index is 1.82. The van der Waals surface area contributed by atoms with Gasteiger partial charge in [-0.1, -0.05) is 13.0 Å². The summed E-state index contributed by atoms with van der Waals surface area (Å²) in [6, 6.07) is 5.34. The van der Waals surface area contributed by atoms with Crippen molar-refractivity contribution in [1.29, 1.82) is 0 Å². The minimum atomic E-state index is 0.0953. The van der Waals surface area contributed by atoms with Crippen LogP contribution in [0.4, 0.5) is 0 Å². The van der Waals surface area contributed by atoms with Crippen LogP contribution in [0, 0.1) is 5.92 Å². The molecule has 1 fully saturated rings. The summed E-state index contributed by atoms with van der Waals surface area (Å²) in [5, 5.41) is 3.47. The van der Waals surface area contributed by atoms with Gasteiger partial charge in [-0.25, -0.2) is 0 Å². The van der Waals surface area contributed by atoms with Crippen LogP contribution in [-0.2, 0) is 6.54 Å². The van der Waals surface area contributed by atoms with Gasteiger partial charge in [-0.05, 0) is 44.5 Å². The van der Waals surface area contributed by atoms with E-state index in [9.17, 15) is 4.79 Å². The summed E-state index contributed by atoms with van der Waals surface area (Å²) < 4.78 is 1.79. The van der Waals surface area contributed by atoms with E-state index in [2.05, 4.69) is 17.1 Å². The Labute approximate surface area is 115 Å². The summed E-state index contributed by atoms with van der Waals surface area (Å²) in [6.07, 6.45) is 4.49. The highest BCUT2D eigenvalue weighted by Gasteiger charge is 2.15. The smallest absolute Gasteiger partial charge is 0.250 e. The first-order valence-electron chi connectivity index (χ1n) is 7.38. The molecule has 0 aromatic carbocycles. The average Bonchev–Trinajstić information content (AvgIpc) is 2.46. The summed E-state index contributed by atoms with van der Waals surface area (Å²) >= 11 is 0. The molecule has 1 unspecified atom stereocenters. The minimum absolute atomic E-state index is 0.0953. The molecule has 1 saturated heterocycles. The molecule has 1 atom stereocenters. The number of likely N-dealkylation sites (N-methyl/N-ethyl adjacent to an activating group) is 1. The van der Waals surface area contributed by atoms with Crippen LogP contribution >= 0.6 is 0 Å². The van der Waals surface area contributed by atoms with Crippen LogP contribution in [-0.4, -0.2) is 42.2 Å². The number of nitrogens with zero attached hydrogens (tertiary/aromatic N) is 2. The first kappa shape index (κ1) is 14.3. The van der Waals surface area contributed by atoms with Crippen molar-refractivity contribution in [3.8, 4) is 0 Å². The molecular weight excluding hydrogens is 238 g/mol. The van der Waals surface area contributed by atoms with E-state index in [1.807, 2.05) is 12.3 Å². The van der Waals surface area contributed by atoms with Gasteiger partial charge in [-0.2, -0.15) is 0 Å². The lowest BCUT2D eigenvalue weighted by atomic mass is 9.99. The molecule has 0 saturated carbocycles. The second kappa shape index (κ2) is 7.46. The standard InChI is InChI=1S/C15H25N3O/c1-2-17(13-14-6-5-8-16-12-14)10-11-18-9-4-3-7-15(18)19/h3-4,7,9,14,16H,2,5-6,8,10-13H2,1H3. The molecule has 2 heterocycles. The molecule has 0 spiro atoms. The van der Waals surface area contributed by atoms with Gasteiger partial charge in [0.15, 0.2) is 0 Å². The topological polar surface area (TPSA) is 37.3 Å². The van der Waals surface area contributed by atoms with E-state index in [0.29, 0.717) is 0 Å². The van der Waals surface area contributed by atoms with Gasteiger partial charge >= 0.3 is 0 Å². The third-order valence-electron chi connectivity index (χ3n) is 3.92. The van der Waals surface area contributed by atoms with Crippen LogP contribution in [0.15, 0.2) is 29.2 Å². The number of piperidine rings is 1. The van der Waals surface area contributed by atoms with Crippen LogP contribution in [0.2, 0.25) is 0 Å². The lowest BCUT2D eigenvalue weighted by Gasteiger charge is -2.29. The summed E-state index contributed by atoms with van der Waals surface area (Å²) in [7, 11) is 0. The zero-order chi connectivity index (χ0) is 13.5. The van der Waals surface area contributed by atoms with E-state index in [1.54, 1.807) is 16.7 Å². The summed E-state index contributed by atoms with van der Waals surface area (Å²) in [4.78, 5) is 14.1. The molecule has 4 heteroatoms. The van der Waals surface area contributed by atoms with Crippen LogP contribution in [0.5, 0.6) is 0 Å². The zero-order valence-electron chi connectivity index (χ0n) is 11.8. The number of pyridine rings is 1. The fourth-order valence-electron chi connectivity index (χ4n) is 2.72. The van der Waals surface area contributed by atoms with Crippen molar-refractivity contribution >= 4 is 0 Å². The highest BCUT2D eigenvalue weighted by Crippen LogP contribution is 2.11. The average molecular weight is 263 g/mol. The molecule has 4 nitrogen and oxygen atoms in total. The molecule has 19 heavy (non-hydrogen) atoms. The van der Waals surface area contributed by atoms with Crippen LogP contribution in [0.1, 0.15) is 19.8 Å². The third kappa shape index (κ3) is 4.48. The fraction of sp³-hybridized carbons (Fsp3) is 0.667. The maximum atomic E-state index is 11.6. The Kier molecular flexibility index (Phi) is 5.61. The normalized spacial score (nSPS) is 19.8. The fourth-order valence-corrected chi connectivity index (χ4v) is 2.72. The van der Waals surface area contributed by atoms with Crippen molar-refractivity contribution in [2.24, 2.45) is 5.92 Å². The summed E-state index contributed by atoms with van der Waals surface area (Å²) in [6.45, 7) is 8.45. The van der Waals surface area contributed by atoms with E-state index in [4.69, 9.17) is 0 Å². The Hall–Kier alpha value is -1.13. The van der Waals surface area contributed by atoms with Crippen molar-refractivity contribution in [2.75, 3.05) is 32.7 Å². The zero-order valence-corrected chi connectivity index (χ0v) is 11.8. The van der Waals surface area contributed by atoms with Gasteiger partial charge in [0.05, 0.1) is 0 Å². The van der Waals surface area contributed by atoms with E-state index in [-0.39, 0.29) is 5.56 Å². The van der Waals surface area contributed by atoms with Crippen molar-refractivity contribution < 1.29 is 0 Å². The van der Waals surface area contributed by atoms with Gasteiger partial charge in [0.25, 0.3) is 5.56 Å². The van der Waals surface area contributed by atoms with Crippen LogP contribution in [0.3, 0.4) is 0 Å². The SMILES string of the molecule is CCN(CCn1ccccc1=O)CC1CCCNC1. The van der Waals surface area contributed by atoms with Crippen molar-refractivity contribution in [3.05, 3.63) is 34.7 Å². The maximum Gasteiger partial charge on any atom is 0.250 e. The molecule has 106 valence electrons. The molecule has 1 aromatic rings. The number of nitrogens with one attached hydrogen (secondary N) is 1. The predicted molar refractivity (Wildman–Crippen MR) is 78.4 cm³/mol. The highest BCUT2D eigenvalue weighted by atomic mass is 16.1. The molecule has 1 N–H and O–H groups in total. The molecule has 2 rings (SSSR count). The summed E-state index contributed by atoms with van der Waals surface area (Å²) in [5.74, 6) is 0.765. The Bertz CT molecular complexity index is 423. The van der Waals surface area contributed by atoms with E-state index >= 15 is 0 Å². The van der Waals surface area contributed by atoms with Gasteiger partial charge in [-0.15, -0.1) is 0 Å². The minimum Gasteiger partial charge on any atom is -0.316 e. The van der Waals surface area contributed by atoms with Gasteiger partial charge in [-0.3, -0.25) is 4.79 Å². The Morgan fingerprint density at radius 2 is 2.37 bits per heavy atom. The number of hydrogen-bond acceptors (Lipinski definition) is 3. The molecule has 1 aliphatic rings. The van der Waals surface area contributed by atoms with Gasteiger partial charge in [0.2, 0.25) is 0 Å². The van der Waals surface area contributed by atoms with Crippen molar-refractivity contribution in [1.82, 2.24) is 14.8 Å². The molecule has 1 aromatic heterocycles. The molecule has 0 bridgehead atoms. The third-order valence-corrected chi connectivity index (χ3v) is 3.92. The molecule has 0 amide bonds. The summed E-state index contributed by atoms with van der Waals surface area (Å²) in [5.41, 5.74) is 0.0953. The number of hydrogen-bond donors (Lipinski definition) is 1. The predicted octanol–water partition coefficient (Wildman–Crippen LogP) is 1.17. The second-order valence-corrected chi connectivity index (χ2v) is 5.34. The van der Waals surface area contributed by atoms with Gasteiger partial charge in [0.1, 0.15) is 0 Å². The first-order valence-corrected chi connectivity index (χ1v) is 7.38. The first-order chi connectivity index (χ1) is 9.29. The molecule has 1 aliphatic heterocycles. The van der Waals surface area contributed by atoms with Crippen molar-refractivity contribution in [3.63, 3.8) is 0 Å². The van der Waals surface area contributed by atoms with E-state index in [0.717, 1.165) is 38.6 Å². The molecule has 0 radical (unpaired) electrons. The Morgan fingerprint density at radius 1 is 1.47 bits per heavy atom. The quantitative estimate of drug-likeness (QED) is 0.837. The van der Waals surface area contributed by atoms with E-state index < -0.39 is 0 Å². The molecular formula is C15H25N3O. The highest BCUT2D eigenvalue weighted by molar-refractivity contribution is 4.93. The van der Waals surface area contributed by atoms with Gasteiger partial charge < -0.3 is 14.8 Å². The van der Waals surface area contributed by atoms with E-state index in [1.165, 1.54) is 19.4 Å². The van der Waals surface area contributed by atoms with Crippen LogP contribution in [0.25, 0.3) is 0 Å². The number of aromatic nitrogens is 1. The lowest BCUT2D eigenvalue weighted by molar-refractivity contribution is 0.209. The monoisotopic (exact) mass is 263 g/mol.